The predicted octanol–water partition coefficient (Wildman–Crippen LogP) is 0.153. The van der Waals surface area contributed by atoms with Gasteiger partial charge in [0.25, 0.3) is 5.91 Å². The van der Waals surface area contributed by atoms with Crippen LogP contribution in [0.25, 0.3) is 11.3 Å². The van der Waals surface area contributed by atoms with Gasteiger partial charge in [0, 0.05) is 25.2 Å². The number of hydrogen-bond donors (Lipinski definition) is 2. The molecule has 0 spiro atoms. The molecule has 0 unspecified atom stereocenters. The van der Waals surface area contributed by atoms with E-state index in [0.717, 1.165) is 5.82 Å². The van der Waals surface area contributed by atoms with E-state index in [-0.39, 0.29) is 11.8 Å². The van der Waals surface area contributed by atoms with Gasteiger partial charge in [-0.1, -0.05) is 6.07 Å². The maximum Gasteiger partial charge on any atom is 0.288 e. The van der Waals surface area contributed by atoms with E-state index in [0.29, 0.717) is 48.6 Å². The van der Waals surface area contributed by atoms with E-state index in [1.807, 2.05) is 24.3 Å². The Morgan fingerprint density at radius 2 is 1.90 bits per heavy atom. The molecule has 1 fully saturated rings. The first-order valence-corrected chi connectivity index (χ1v) is 9.94. The van der Waals surface area contributed by atoms with Gasteiger partial charge in [0.05, 0.1) is 5.69 Å². The topological polar surface area (TPSA) is 135 Å². The van der Waals surface area contributed by atoms with E-state index < -0.39 is 5.91 Å². The first-order chi connectivity index (χ1) is 15.1. The maximum absolute atomic E-state index is 12.6. The van der Waals surface area contributed by atoms with E-state index in [4.69, 9.17) is 0 Å². The first kappa shape index (κ1) is 18.9. The van der Waals surface area contributed by atoms with Crippen molar-refractivity contribution in [2.45, 2.75) is 19.8 Å². The second-order valence-corrected chi connectivity index (χ2v) is 7.40. The van der Waals surface area contributed by atoms with Crippen molar-refractivity contribution < 1.29 is 9.59 Å². The predicted molar refractivity (Wildman–Crippen MR) is 109 cm³/mol. The number of piperidine rings is 1. The van der Waals surface area contributed by atoms with Crippen LogP contribution in [0.5, 0.6) is 0 Å². The molecule has 1 aliphatic heterocycles. The van der Waals surface area contributed by atoms with Crippen LogP contribution >= 0.6 is 0 Å². The number of amides is 2. The van der Waals surface area contributed by atoms with Crippen molar-refractivity contribution >= 4 is 28.9 Å². The number of aryl methyl sites for hydroxylation is 1. The summed E-state index contributed by atoms with van der Waals surface area (Å²) in [5.74, 6) is -0.0454. The van der Waals surface area contributed by atoms with Gasteiger partial charge < -0.3 is 4.90 Å². The molecule has 0 aromatic carbocycles. The van der Waals surface area contributed by atoms with Gasteiger partial charge in [-0.25, -0.2) is 4.98 Å². The fourth-order valence-corrected chi connectivity index (χ4v) is 3.85. The van der Waals surface area contributed by atoms with Crippen molar-refractivity contribution in [2.75, 3.05) is 18.0 Å². The molecule has 5 rings (SSSR count). The van der Waals surface area contributed by atoms with Crippen LogP contribution in [0.1, 0.15) is 29.0 Å². The largest absolute Gasteiger partial charge is 0.355 e. The highest BCUT2D eigenvalue weighted by Gasteiger charge is 2.27. The minimum atomic E-state index is -0.402. The lowest BCUT2D eigenvalue weighted by atomic mass is 9.96. The summed E-state index contributed by atoms with van der Waals surface area (Å²) in [6.07, 6.45) is 3.06. The Kier molecular flexibility index (Phi) is 4.65. The molecule has 12 nitrogen and oxygen atoms in total. The average Bonchev–Trinajstić information content (AvgIpc) is 3.40. The molecule has 158 valence electrons. The number of carbonyl (C=O) groups is 2. The number of tetrazole rings is 1. The number of rotatable bonds is 3. The molecule has 4 aromatic rings. The molecule has 0 saturated carbocycles. The third kappa shape index (κ3) is 3.52. The summed E-state index contributed by atoms with van der Waals surface area (Å²) in [7, 11) is 0. The van der Waals surface area contributed by atoms with E-state index in [2.05, 4.69) is 41.4 Å². The first-order valence-electron chi connectivity index (χ1n) is 9.94. The Labute approximate surface area is 176 Å². The van der Waals surface area contributed by atoms with E-state index in [1.54, 1.807) is 23.6 Å². The van der Waals surface area contributed by atoms with Crippen LogP contribution in [0, 0.1) is 12.8 Å². The molecule has 5 heterocycles. The second kappa shape index (κ2) is 7.63. The highest BCUT2D eigenvalue weighted by molar-refractivity contribution is 5.96. The zero-order valence-corrected chi connectivity index (χ0v) is 16.8. The smallest absolute Gasteiger partial charge is 0.288 e. The molecule has 2 amide bonds. The van der Waals surface area contributed by atoms with Crippen LogP contribution in [0.2, 0.25) is 0 Å². The lowest BCUT2D eigenvalue weighted by Crippen LogP contribution is -2.47. The molecule has 0 aliphatic carbocycles. The molecule has 31 heavy (non-hydrogen) atoms. The minimum Gasteiger partial charge on any atom is -0.355 e. The van der Waals surface area contributed by atoms with Gasteiger partial charge in [-0.15, -0.1) is 14.8 Å². The zero-order valence-electron chi connectivity index (χ0n) is 16.8. The van der Waals surface area contributed by atoms with Crippen LogP contribution in [0.3, 0.4) is 0 Å². The number of nitrogens with zero attached hydrogens (tertiary/aromatic N) is 8. The number of carbonyl (C=O) groups excluding carboxylic acids is 2. The van der Waals surface area contributed by atoms with Crippen LogP contribution < -0.4 is 15.8 Å². The molecular formula is C19H20N10O2. The number of aromatic nitrogens is 7. The van der Waals surface area contributed by atoms with Crippen LogP contribution in [0.15, 0.2) is 36.5 Å². The average molecular weight is 420 g/mol. The van der Waals surface area contributed by atoms with Crippen molar-refractivity contribution in [1.29, 1.82) is 0 Å². The lowest BCUT2D eigenvalue weighted by molar-refractivity contribution is -0.126. The molecule has 4 aromatic heterocycles. The van der Waals surface area contributed by atoms with Gasteiger partial charge in [0.15, 0.2) is 11.5 Å². The highest BCUT2D eigenvalue weighted by Crippen LogP contribution is 2.22. The number of hydrogen-bond acceptors (Lipinski definition) is 8. The Morgan fingerprint density at radius 3 is 2.74 bits per heavy atom. The number of anilines is 1. The Morgan fingerprint density at radius 1 is 1.06 bits per heavy atom. The van der Waals surface area contributed by atoms with Crippen LogP contribution in [-0.4, -0.2) is 59.5 Å². The fourth-order valence-electron chi connectivity index (χ4n) is 3.85. The Bertz CT molecular complexity index is 1270. The second-order valence-electron chi connectivity index (χ2n) is 7.40. The molecule has 1 saturated heterocycles. The van der Waals surface area contributed by atoms with Crippen LogP contribution in [-0.2, 0) is 4.79 Å². The summed E-state index contributed by atoms with van der Waals surface area (Å²) in [5, 5.41) is 15.6. The van der Waals surface area contributed by atoms with E-state index >= 15 is 0 Å². The van der Waals surface area contributed by atoms with Gasteiger partial charge >= 0.3 is 0 Å². The van der Waals surface area contributed by atoms with E-state index in [1.165, 1.54) is 4.63 Å². The summed E-state index contributed by atoms with van der Waals surface area (Å²) in [4.78, 5) is 31.7. The SMILES string of the molecule is Cc1nc2ccccn2c1C(=O)NNC(=O)C1CCN(c2ccc3nnnn3n2)CC1. The van der Waals surface area contributed by atoms with Gasteiger partial charge in [-0.3, -0.25) is 24.8 Å². The third-order valence-electron chi connectivity index (χ3n) is 5.46. The molecule has 12 heteroatoms. The quantitative estimate of drug-likeness (QED) is 0.447. The van der Waals surface area contributed by atoms with Crippen molar-refractivity contribution in [1.82, 2.24) is 45.5 Å². The summed E-state index contributed by atoms with van der Waals surface area (Å²) < 4.78 is 3.08. The number of pyridine rings is 1. The minimum absolute atomic E-state index is 0.198. The van der Waals surface area contributed by atoms with Gasteiger partial charge in [0.1, 0.15) is 11.3 Å². The summed E-state index contributed by atoms with van der Waals surface area (Å²) >= 11 is 0. The van der Waals surface area contributed by atoms with Crippen LogP contribution in [0.4, 0.5) is 5.82 Å². The number of imidazole rings is 1. The third-order valence-corrected chi connectivity index (χ3v) is 5.46. The standard InChI is InChI=1S/C19H20N10O2/c1-12-17(28-9-3-2-4-14(28)20-12)19(31)23-22-18(30)13-7-10-27(11-8-13)16-6-5-15-21-25-26-29(15)24-16/h2-6,9,13H,7-8,10-11H2,1H3,(H,22,30)(H,23,31). The van der Waals surface area contributed by atoms with Crippen molar-refractivity contribution in [3.8, 4) is 0 Å². The molecule has 0 atom stereocenters. The number of hydrazine groups is 1. The van der Waals surface area contributed by atoms with Gasteiger partial charge in [-0.05, 0) is 54.5 Å². The van der Waals surface area contributed by atoms with E-state index in [9.17, 15) is 9.59 Å². The molecule has 0 bridgehead atoms. The lowest BCUT2D eigenvalue weighted by Gasteiger charge is -2.31. The Hall–Kier alpha value is -4.09. The molecular weight excluding hydrogens is 400 g/mol. The van der Waals surface area contributed by atoms with Crippen molar-refractivity contribution in [3.05, 3.63) is 47.9 Å². The highest BCUT2D eigenvalue weighted by atomic mass is 16.2. The monoisotopic (exact) mass is 420 g/mol. The maximum atomic E-state index is 12.6. The number of nitrogens with one attached hydrogen (secondary N) is 2. The summed E-state index contributed by atoms with van der Waals surface area (Å²) in [6.45, 7) is 3.10. The molecule has 0 radical (unpaired) electrons. The van der Waals surface area contributed by atoms with Crippen molar-refractivity contribution in [3.63, 3.8) is 0 Å². The zero-order chi connectivity index (χ0) is 21.4. The summed E-state index contributed by atoms with van der Waals surface area (Å²) in [5.41, 5.74) is 7.34. The molecule has 1 aliphatic rings. The number of fused-ring (bicyclic) bond motifs is 2. The Balaban J connectivity index is 1.18. The summed E-state index contributed by atoms with van der Waals surface area (Å²) in [6, 6.07) is 9.17. The van der Waals surface area contributed by atoms with Gasteiger partial charge in [0.2, 0.25) is 5.91 Å². The normalized spacial score (nSPS) is 14.8. The molecule has 2 N–H and O–H groups in total. The van der Waals surface area contributed by atoms with Crippen molar-refractivity contribution in [2.24, 2.45) is 5.92 Å². The fraction of sp³-hybridized carbons (Fsp3) is 0.316. The van der Waals surface area contributed by atoms with Gasteiger partial charge in [-0.2, -0.15) is 0 Å².